The van der Waals surface area contributed by atoms with Gasteiger partial charge in [0.15, 0.2) is 5.82 Å². The summed E-state index contributed by atoms with van der Waals surface area (Å²) in [6.45, 7) is 0.794. The lowest BCUT2D eigenvalue weighted by molar-refractivity contribution is 0.904. The molecular weight excluding hydrogens is 242 g/mol. The van der Waals surface area contributed by atoms with Gasteiger partial charge in [0.2, 0.25) is 0 Å². The number of halogens is 1. The fourth-order valence-corrected chi connectivity index (χ4v) is 2.32. The van der Waals surface area contributed by atoms with Gasteiger partial charge in [0.25, 0.3) is 0 Å². The second kappa shape index (κ2) is 4.72. The summed E-state index contributed by atoms with van der Waals surface area (Å²) in [5.74, 6) is 0.760. The van der Waals surface area contributed by atoms with Gasteiger partial charge in [0.05, 0.1) is 10.7 Å². The molecule has 0 unspecified atom stereocenters. The fourth-order valence-electron chi connectivity index (χ4n) is 1.50. The number of hydrogen-bond donors (Lipinski definition) is 1. The first-order valence-electron chi connectivity index (χ1n) is 4.80. The molecule has 16 heavy (non-hydrogen) atoms. The van der Waals surface area contributed by atoms with Gasteiger partial charge in [0.1, 0.15) is 0 Å². The third-order valence-electron chi connectivity index (χ3n) is 2.22. The molecule has 0 radical (unpaired) electrons. The quantitative estimate of drug-likeness (QED) is 0.914. The minimum absolute atomic E-state index is 0.560. The fraction of sp³-hybridized carbons (Fsp3) is 0.182. The molecule has 2 N–H and O–H groups in total. The second-order valence-electron chi connectivity index (χ2n) is 3.55. The molecule has 0 aliphatic heterocycles. The molecule has 3 nitrogen and oxygen atoms in total. The molecule has 5 heteroatoms. The lowest BCUT2D eigenvalue weighted by Crippen LogP contribution is -2.18. The number of aromatic nitrogens is 1. The second-order valence-corrected chi connectivity index (χ2v) is 4.77. The van der Waals surface area contributed by atoms with Crippen LogP contribution in [0.25, 0.3) is 0 Å². The Labute approximate surface area is 103 Å². The van der Waals surface area contributed by atoms with Gasteiger partial charge in [-0.3, -0.25) is 0 Å². The van der Waals surface area contributed by atoms with Crippen LogP contribution in [0.2, 0.25) is 5.02 Å². The number of nitrogens with zero attached hydrogens (tertiary/aromatic N) is 2. The molecule has 84 valence electrons. The van der Waals surface area contributed by atoms with E-state index in [0.717, 1.165) is 12.4 Å². The number of pyridine rings is 1. The van der Waals surface area contributed by atoms with E-state index >= 15 is 0 Å². The molecule has 2 aromatic heterocycles. The van der Waals surface area contributed by atoms with Crippen LogP contribution < -0.4 is 10.6 Å². The van der Waals surface area contributed by atoms with Gasteiger partial charge in [-0.15, -0.1) is 0 Å². The number of anilines is 2. The summed E-state index contributed by atoms with van der Waals surface area (Å²) in [5, 5.41) is 4.73. The maximum absolute atomic E-state index is 5.87. The minimum atomic E-state index is 0.560. The van der Waals surface area contributed by atoms with E-state index in [9.17, 15) is 0 Å². The average Bonchev–Trinajstić information content (AvgIpc) is 2.70. The lowest BCUT2D eigenvalue weighted by atomic mass is 10.3. The van der Waals surface area contributed by atoms with Crippen LogP contribution in [0, 0.1) is 0 Å². The first-order valence-corrected chi connectivity index (χ1v) is 6.12. The Morgan fingerprint density at radius 2 is 2.38 bits per heavy atom. The standard InChI is InChI=1S/C11H12ClN3S/c1-15(6-8-2-3-16-7-8)11-10(13)4-9(12)5-14-11/h2-5,7H,6,13H2,1H3. The maximum Gasteiger partial charge on any atom is 0.151 e. The zero-order chi connectivity index (χ0) is 11.5. The van der Waals surface area contributed by atoms with E-state index in [1.54, 1.807) is 23.6 Å². The van der Waals surface area contributed by atoms with E-state index in [2.05, 4.69) is 21.8 Å². The highest BCUT2D eigenvalue weighted by Gasteiger charge is 2.08. The number of rotatable bonds is 3. The van der Waals surface area contributed by atoms with Crippen LogP contribution in [0.3, 0.4) is 0 Å². The Hall–Kier alpha value is -1.26. The molecular formula is C11H12ClN3S. The Morgan fingerprint density at radius 3 is 3.00 bits per heavy atom. The van der Waals surface area contributed by atoms with Crippen molar-refractivity contribution in [3.8, 4) is 0 Å². The topological polar surface area (TPSA) is 42.2 Å². The molecule has 0 fully saturated rings. The van der Waals surface area contributed by atoms with Crippen molar-refractivity contribution in [1.82, 2.24) is 4.98 Å². The largest absolute Gasteiger partial charge is 0.396 e. The molecule has 2 rings (SSSR count). The first-order chi connectivity index (χ1) is 7.66. The molecule has 2 heterocycles. The van der Waals surface area contributed by atoms with Crippen molar-refractivity contribution in [3.05, 3.63) is 39.7 Å². The van der Waals surface area contributed by atoms with Crippen molar-refractivity contribution in [2.75, 3.05) is 17.7 Å². The summed E-state index contributed by atoms with van der Waals surface area (Å²) in [6.07, 6.45) is 1.61. The van der Waals surface area contributed by atoms with Crippen LogP contribution in [0.15, 0.2) is 29.1 Å². The summed E-state index contributed by atoms with van der Waals surface area (Å²) in [4.78, 5) is 6.24. The molecule has 2 aromatic rings. The van der Waals surface area contributed by atoms with Crippen LogP contribution >= 0.6 is 22.9 Å². The Balaban J connectivity index is 2.17. The Morgan fingerprint density at radius 1 is 1.56 bits per heavy atom. The van der Waals surface area contributed by atoms with Crippen molar-refractivity contribution in [2.45, 2.75) is 6.54 Å². The van der Waals surface area contributed by atoms with Gasteiger partial charge >= 0.3 is 0 Å². The van der Waals surface area contributed by atoms with Crippen molar-refractivity contribution >= 4 is 34.4 Å². The lowest BCUT2D eigenvalue weighted by Gasteiger charge is -2.19. The maximum atomic E-state index is 5.87. The number of hydrogen-bond acceptors (Lipinski definition) is 4. The highest BCUT2D eigenvalue weighted by Crippen LogP contribution is 2.23. The van der Waals surface area contributed by atoms with Gasteiger partial charge < -0.3 is 10.6 Å². The number of nitrogen functional groups attached to an aromatic ring is 1. The Bertz CT molecular complexity index is 470. The van der Waals surface area contributed by atoms with E-state index in [1.165, 1.54) is 5.56 Å². The summed E-state index contributed by atoms with van der Waals surface area (Å²) < 4.78 is 0. The molecule has 0 aliphatic carbocycles. The van der Waals surface area contributed by atoms with E-state index < -0.39 is 0 Å². The SMILES string of the molecule is CN(Cc1ccsc1)c1ncc(Cl)cc1N. The zero-order valence-corrected chi connectivity index (χ0v) is 10.4. The zero-order valence-electron chi connectivity index (χ0n) is 8.85. The first kappa shape index (κ1) is 11.2. The van der Waals surface area contributed by atoms with E-state index in [-0.39, 0.29) is 0 Å². The third-order valence-corrected chi connectivity index (χ3v) is 3.16. The van der Waals surface area contributed by atoms with Crippen LogP contribution in [-0.2, 0) is 6.54 Å². The van der Waals surface area contributed by atoms with Crippen LogP contribution in [-0.4, -0.2) is 12.0 Å². The summed E-state index contributed by atoms with van der Waals surface area (Å²) in [5.41, 5.74) is 7.72. The molecule has 0 saturated carbocycles. The molecule has 0 atom stereocenters. The van der Waals surface area contributed by atoms with Crippen molar-refractivity contribution in [3.63, 3.8) is 0 Å². The summed E-state index contributed by atoms with van der Waals surface area (Å²) >= 11 is 7.49. The summed E-state index contributed by atoms with van der Waals surface area (Å²) in [7, 11) is 1.96. The Kier molecular flexibility index (Phi) is 3.31. The van der Waals surface area contributed by atoms with E-state index in [1.807, 2.05) is 11.9 Å². The predicted octanol–water partition coefficient (Wildman–Crippen LogP) is 3.02. The predicted molar refractivity (Wildman–Crippen MR) is 70.1 cm³/mol. The molecule has 0 bridgehead atoms. The van der Waals surface area contributed by atoms with Gasteiger partial charge in [-0.25, -0.2) is 4.98 Å². The molecule has 0 amide bonds. The normalized spacial score (nSPS) is 10.4. The number of nitrogens with two attached hydrogens (primary N) is 1. The minimum Gasteiger partial charge on any atom is -0.396 e. The monoisotopic (exact) mass is 253 g/mol. The van der Waals surface area contributed by atoms with Crippen molar-refractivity contribution in [1.29, 1.82) is 0 Å². The average molecular weight is 254 g/mol. The van der Waals surface area contributed by atoms with Crippen LogP contribution in [0.1, 0.15) is 5.56 Å². The number of thiophene rings is 1. The van der Waals surface area contributed by atoms with Crippen LogP contribution in [0.5, 0.6) is 0 Å². The highest BCUT2D eigenvalue weighted by molar-refractivity contribution is 7.07. The third kappa shape index (κ3) is 2.46. The molecule has 0 saturated heterocycles. The van der Waals surface area contributed by atoms with Gasteiger partial charge in [-0.05, 0) is 28.5 Å². The smallest absolute Gasteiger partial charge is 0.151 e. The van der Waals surface area contributed by atoms with Crippen molar-refractivity contribution < 1.29 is 0 Å². The van der Waals surface area contributed by atoms with E-state index in [0.29, 0.717) is 10.7 Å². The molecule has 0 aliphatic rings. The van der Waals surface area contributed by atoms with Crippen molar-refractivity contribution in [2.24, 2.45) is 0 Å². The molecule has 0 spiro atoms. The van der Waals surface area contributed by atoms with Gasteiger partial charge in [0, 0.05) is 19.8 Å². The highest BCUT2D eigenvalue weighted by atomic mass is 35.5. The summed E-state index contributed by atoms with van der Waals surface area (Å²) in [6, 6.07) is 3.81. The van der Waals surface area contributed by atoms with E-state index in [4.69, 9.17) is 17.3 Å². The van der Waals surface area contributed by atoms with Gasteiger partial charge in [-0.2, -0.15) is 11.3 Å². The molecule has 0 aromatic carbocycles. The van der Waals surface area contributed by atoms with Gasteiger partial charge in [-0.1, -0.05) is 11.6 Å². The van der Waals surface area contributed by atoms with Crippen LogP contribution in [0.4, 0.5) is 11.5 Å².